The highest BCUT2D eigenvalue weighted by Gasteiger charge is 2.49. The first kappa shape index (κ1) is 31.3. The molecule has 0 bridgehead atoms. The summed E-state index contributed by atoms with van der Waals surface area (Å²) in [5, 5.41) is 14.9. The maximum atomic E-state index is 14.4. The molecule has 4 rings (SSSR count). The number of benzene rings is 2. The summed E-state index contributed by atoms with van der Waals surface area (Å²) in [5.41, 5.74) is 1.74. The number of alkyl halides is 2. The summed E-state index contributed by atoms with van der Waals surface area (Å²) < 4.78 is 33.6. The van der Waals surface area contributed by atoms with Crippen LogP contribution in [-0.4, -0.2) is 50.1 Å². The van der Waals surface area contributed by atoms with Crippen molar-refractivity contribution < 1.29 is 27.6 Å². The van der Waals surface area contributed by atoms with Crippen molar-refractivity contribution in [1.82, 2.24) is 10.6 Å². The van der Waals surface area contributed by atoms with E-state index in [0.717, 1.165) is 0 Å². The van der Waals surface area contributed by atoms with Crippen LogP contribution in [0.5, 0.6) is 0 Å². The fourth-order valence-corrected chi connectivity index (χ4v) is 6.34. The molecule has 1 saturated heterocycles. The van der Waals surface area contributed by atoms with E-state index in [9.17, 15) is 28.4 Å². The molecule has 42 heavy (non-hydrogen) atoms. The minimum absolute atomic E-state index is 0.0651. The van der Waals surface area contributed by atoms with Crippen LogP contribution >= 0.6 is 0 Å². The SMILES string of the molecule is Cc1ccccc1C(C(=O)NC1CC(F)(F)C1)N(C(=O)[C@@H]1C[C@@H](O[Si](C)(C)C(C)(C)C)C(=O)N1)c1cccc(C#N)c1. The number of hydrogen-bond acceptors (Lipinski definition) is 5. The van der Waals surface area contributed by atoms with E-state index >= 15 is 0 Å². The van der Waals surface area contributed by atoms with Gasteiger partial charge in [0, 0.05) is 31.0 Å². The highest BCUT2D eigenvalue weighted by Crippen LogP contribution is 2.40. The van der Waals surface area contributed by atoms with Crippen molar-refractivity contribution in [3.05, 3.63) is 65.2 Å². The Bertz CT molecular complexity index is 1410. The van der Waals surface area contributed by atoms with E-state index < -0.39 is 69.0 Å². The number of nitrogens with zero attached hydrogens (tertiary/aromatic N) is 2. The van der Waals surface area contributed by atoms with Gasteiger partial charge in [-0.3, -0.25) is 19.3 Å². The molecular formula is C31H38F2N4O4Si. The Morgan fingerprint density at radius 2 is 1.83 bits per heavy atom. The maximum absolute atomic E-state index is 14.4. The van der Waals surface area contributed by atoms with Crippen LogP contribution in [0, 0.1) is 18.3 Å². The molecule has 2 aromatic rings. The quantitative estimate of drug-likeness (QED) is 0.411. The zero-order valence-corrected chi connectivity index (χ0v) is 25.8. The van der Waals surface area contributed by atoms with Gasteiger partial charge < -0.3 is 15.1 Å². The molecule has 2 aliphatic rings. The Labute approximate surface area is 246 Å². The van der Waals surface area contributed by atoms with Crippen LogP contribution < -0.4 is 15.5 Å². The van der Waals surface area contributed by atoms with Gasteiger partial charge in [-0.2, -0.15) is 5.26 Å². The zero-order valence-electron chi connectivity index (χ0n) is 24.8. The van der Waals surface area contributed by atoms with Crippen LogP contribution in [0.25, 0.3) is 0 Å². The molecule has 224 valence electrons. The van der Waals surface area contributed by atoms with E-state index in [-0.39, 0.29) is 22.7 Å². The highest BCUT2D eigenvalue weighted by molar-refractivity contribution is 6.74. The third-order valence-corrected chi connectivity index (χ3v) is 13.0. The number of aryl methyl sites for hydroxylation is 1. The predicted octanol–water partition coefficient (Wildman–Crippen LogP) is 5.13. The van der Waals surface area contributed by atoms with Crippen LogP contribution in [0.4, 0.5) is 14.5 Å². The third kappa shape index (κ3) is 6.55. The van der Waals surface area contributed by atoms with Crippen molar-refractivity contribution in [1.29, 1.82) is 5.26 Å². The Morgan fingerprint density at radius 1 is 1.17 bits per heavy atom. The van der Waals surface area contributed by atoms with Gasteiger partial charge in [-0.25, -0.2) is 8.78 Å². The first-order valence-electron chi connectivity index (χ1n) is 14.1. The number of carbonyl (C=O) groups is 3. The van der Waals surface area contributed by atoms with Gasteiger partial charge in [0.15, 0.2) is 8.32 Å². The molecule has 1 heterocycles. The summed E-state index contributed by atoms with van der Waals surface area (Å²) in [6, 6.07) is 12.4. The lowest BCUT2D eigenvalue weighted by molar-refractivity contribution is -0.133. The molecule has 0 radical (unpaired) electrons. The summed E-state index contributed by atoms with van der Waals surface area (Å²) in [6.07, 6.45) is -1.74. The van der Waals surface area contributed by atoms with Gasteiger partial charge in [-0.05, 0) is 54.4 Å². The van der Waals surface area contributed by atoms with Gasteiger partial charge in [-0.1, -0.05) is 51.1 Å². The molecule has 1 aliphatic heterocycles. The van der Waals surface area contributed by atoms with Crippen LogP contribution in [0.1, 0.15) is 62.8 Å². The first-order chi connectivity index (χ1) is 19.5. The van der Waals surface area contributed by atoms with Gasteiger partial charge in [0.25, 0.3) is 11.8 Å². The van der Waals surface area contributed by atoms with Crippen molar-refractivity contribution >= 4 is 31.7 Å². The Kier molecular flexibility index (Phi) is 8.63. The van der Waals surface area contributed by atoms with E-state index in [1.165, 1.54) is 11.0 Å². The second-order valence-corrected chi connectivity index (χ2v) is 17.5. The highest BCUT2D eigenvalue weighted by atomic mass is 28.4. The number of nitrogens with one attached hydrogen (secondary N) is 2. The molecule has 2 N–H and O–H groups in total. The number of hydrogen-bond donors (Lipinski definition) is 2. The van der Waals surface area contributed by atoms with E-state index in [0.29, 0.717) is 11.1 Å². The fraction of sp³-hybridized carbons (Fsp3) is 0.484. The molecule has 0 aromatic heterocycles. The van der Waals surface area contributed by atoms with Crippen molar-refractivity contribution in [2.75, 3.05) is 4.90 Å². The Balaban J connectivity index is 1.74. The molecule has 3 amide bonds. The lowest BCUT2D eigenvalue weighted by Gasteiger charge is -2.39. The van der Waals surface area contributed by atoms with E-state index in [4.69, 9.17) is 4.43 Å². The molecule has 1 unspecified atom stereocenters. The molecule has 11 heteroatoms. The largest absolute Gasteiger partial charge is 0.405 e. The van der Waals surface area contributed by atoms with Crippen LogP contribution in [0.15, 0.2) is 48.5 Å². The minimum Gasteiger partial charge on any atom is -0.405 e. The number of carbonyl (C=O) groups excluding carboxylic acids is 3. The van der Waals surface area contributed by atoms with Crippen molar-refractivity contribution in [2.45, 2.75) is 95.2 Å². The average Bonchev–Trinajstić information content (AvgIpc) is 3.25. The van der Waals surface area contributed by atoms with Crippen molar-refractivity contribution in [3.8, 4) is 6.07 Å². The molecule has 8 nitrogen and oxygen atoms in total. The summed E-state index contributed by atoms with van der Waals surface area (Å²) in [6.45, 7) is 12.0. The minimum atomic E-state index is -2.85. The van der Waals surface area contributed by atoms with Gasteiger partial charge in [0.05, 0.1) is 11.6 Å². The predicted molar refractivity (Wildman–Crippen MR) is 157 cm³/mol. The van der Waals surface area contributed by atoms with Crippen molar-refractivity contribution in [2.24, 2.45) is 0 Å². The lowest BCUT2D eigenvalue weighted by atomic mass is 9.87. The standard InChI is InChI=1S/C31H38F2N4O4Si/c1-19-10-7-8-13-23(19)26(28(39)35-21-16-31(32,33)17-21)37(22-12-9-11-20(14-22)18-34)29(40)24-15-25(27(38)36-24)41-42(5,6)30(2,3)4/h7-14,21,24-26H,15-17H2,1-6H3,(H,35,39)(H,36,38)/t24-,25+,26?/m0/s1. The number of rotatable bonds is 8. The van der Waals surface area contributed by atoms with Crippen molar-refractivity contribution in [3.63, 3.8) is 0 Å². The smallest absolute Gasteiger partial charge is 0.252 e. The summed E-state index contributed by atoms with van der Waals surface area (Å²) in [4.78, 5) is 42.6. The number of anilines is 1. The number of amides is 3. The van der Waals surface area contributed by atoms with E-state index in [1.807, 2.05) is 13.1 Å². The zero-order chi connectivity index (χ0) is 31.0. The van der Waals surface area contributed by atoms with Crippen LogP contribution in [0.2, 0.25) is 18.1 Å². The second kappa shape index (κ2) is 11.6. The van der Waals surface area contributed by atoms with Crippen LogP contribution in [0.3, 0.4) is 0 Å². The Morgan fingerprint density at radius 3 is 2.43 bits per heavy atom. The van der Waals surface area contributed by atoms with E-state index in [2.05, 4.69) is 37.5 Å². The van der Waals surface area contributed by atoms with E-state index in [1.54, 1.807) is 49.4 Å². The van der Waals surface area contributed by atoms with Gasteiger partial charge in [0.2, 0.25) is 11.8 Å². The fourth-order valence-electron chi connectivity index (χ4n) is 5.07. The summed E-state index contributed by atoms with van der Waals surface area (Å²) in [5.74, 6) is -4.45. The maximum Gasteiger partial charge on any atom is 0.252 e. The second-order valence-electron chi connectivity index (χ2n) is 12.8. The summed E-state index contributed by atoms with van der Waals surface area (Å²) >= 11 is 0. The molecular weight excluding hydrogens is 558 g/mol. The normalized spacial score (nSPS) is 21.1. The molecule has 2 fully saturated rings. The molecule has 1 aliphatic carbocycles. The first-order valence-corrected chi connectivity index (χ1v) is 17.0. The number of halogens is 2. The molecule has 2 aromatic carbocycles. The number of nitriles is 1. The molecule has 3 atom stereocenters. The van der Waals surface area contributed by atoms with Gasteiger partial charge in [0.1, 0.15) is 18.2 Å². The van der Waals surface area contributed by atoms with Gasteiger partial charge in [-0.15, -0.1) is 0 Å². The monoisotopic (exact) mass is 596 g/mol. The molecule has 1 saturated carbocycles. The third-order valence-electron chi connectivity index (χ3n) is 8.52. The summed E-state index contributed by atoms with van der Waals surface area (Å²) in [7, 11) is -2.35. The lowest BCUT2D eigenvalue weighted by Crippen LogP contribution is -2.55. The average molecular weight is 597 g/mol. The molecule has 0 spiro atoms. The van der Waals surface area contributed by atoms with Crippen LogP contribution in [-0.2, 0) is 18.8 Å². The topological polar surface area (TPSA) is 112 Å². The Hall–Kier alpha value is -3.62. The van der Waals surface area contributed by atoms with Gasteiger partial charge >= 0.3 is 0 Å².